The van der Waals surface area contributed by atoms with E-state index in [1.165, 1.54) is 57.9 Å². The third kappa shape index (κ3) is 6.14. The molecule has 2 aliphatic carbocycles. The molecule has 0 amide bonds. The summed E-state index contributed by atoms with van der Waals surface area (Å²) in [7, 11) is 9.63. The Bertz CT molecular complexity index is 1170. The van der Waals surface area contributed by atoms with Crippen molar-refractivity contribution in [2.45, 2.75) is 113 Å². The Kier molecular flexibility index (Phi) is 10.8. The van der Waals surface area contributed by atoms with Crippen LogP contribution in [0.25, 0.3) is 0 Å². The minimum atomic E-state index is -0.106. The maximum atomic E-state index is 5.66. The Balaban J connectivity index is 0.00000134. The average Bonchev–Trinajstić information content (AvgIpc) is 3.17. The minimum absolute atomic E-state index is 0.0274. The zero-order valence-corrected chi connectivity index (χ0v) is 28.8. The number of rotatable bonds is 6. The molecule has 2 bridgehead atoms. The number of hydrogen-bond donors (Lipinski definition) is 0. The molecule has 4 rings (SSSR count). The average molecular weight is 662 g/mol. The van der Waals surface area contributed by atoms with Crippen LogP contribution in [0.4, 0.5) is 11.4 Å². The van der Waals surface area contributed by atoms with Crippen molar-refractivity contribution in [3.63, 3.8) is 0 Å². The number of para-hydroxylation sites is 2. The molecular formula is C34H48Cl2N2Pd. The molecule has 2 saturated carbocycles. The van der Waals surface area contributed by atoms with Crippen LogP contribution in [0.15, 0.2) is 46.4 Å². The molecule has 2 aromatic carbocycles. The van der Waals surface area contributed by atoms with E-state index in [4.69, 9.17) is 29.0 Å². The first-order valence-electron chi connectivity index (χ1n) is 14.5. The van der Waals surface area contributed by atoms with Gasteiger partial charge in [-0.05, 0) is 64.2 Å². The van der Waals surface area contributed by atoms with Gasteiger partial charge in [0, 0.05) is 11.3 Å². The van der Waals surface area contributed by atoms with Crippen molar-refractivity contribution in [1.29, 1.82) is 0 Å². The fourth-order valence-electron chi connectivity index (χ4n) is 6.68. The SMILES string of the molecule is CC(C)c1cccc(C(C)C)c1N=C1C(=Nc2c(C(C)C)cccc2C(C)C)C2(C)CCC1C2(C)C.[Cl][Pd][Cl]. The third-order valence-corrected chi connectivity index (χ3v) is 9.46. The summed E-state index contributed by atoms with van der Waals surface area (Å²) in [6, 6.07) is 13.5. The summed E-state index contributed by atoms with van der Waals surface area (Å²) in [6.07, 6.45) is 2.39. The second-order valence-electron chi connectivity index (χ2n) is 13.3. The Hall–Kier alpha value is -0.978. The summed E-state index contributed by atoms with van der Waals surface area (Å²) in [5.41, 5.74) is 10.4. The van der Waals surface area contributed by atoms with Gasteiger partial charge in [0.2, 0.25) is 0 Å². The van der Waals surface area contributed by atoms with Crippen LogP contribution >= 0.6 is 19.1 Å². The Morgan fingerprint density at radius 2 is 1.05 bits per heavy atom. The number of halogens is 2. The van der Waals surface area contributed by atoms with Crippen molar-refractivity contribution < 1.29 is 15.9 Å². The molecule has 0 spiro atoms. The van der Waals surface area contributed by atoms with Crippen LogP contribution in [0.2, 0.25) is 0 Å². The van der Waals surface area contributed by atoms with Crippen LogP contribution in [0, 0.1) is 16.7 Å². The molecule has 0 N–H and O–H groups in total. The summed E-state index contributed by atoms with van der Waals surface area (Å²) in [6.45, 7) is 25.7. The second-order valence-corrected chi connectivity index (χ2v) is 15.7. The molecule has 0 saturated heterocycles. The van der Waals surface area contributed by atoms with Crippen molar-refractivity contribution in [2.75, 3.05) is 0 Å². The second kappa shape index (κ2) is 12.9. The first-order valence-corrected chi connectivity index (χ1v) is 18.5. The third-order valence-electron chi connectivity index (χ3n) is 9.46. The topological polar surface area (TPSA) is 24.7 Å². The van der Waals surface area contributed by atoms with Gasteiger partial charge in [-0.25, -0.2) is 0 Å². The van der Waals surface area contributed by atoms with Crippen LogP contribution in [-0.4, -0.2) is 11.4 Å². The van der Waals surface area contributed by atoms with Gasteiger partial charge in [0.1, 0.15) is 0 Å². The van der Waals surface area contributed by atoms with E-state index in [1.54, 1.807) is 0 Å². The van der Waals surface area contributed by atoms with E-state index in [1.807, 2.05) is 0 Å². The van der Waals surface area contributed by atoms with E-state index < -0.39 is 0 Å². The summed E-state index contributed by atoms with van der Waals surface area (Å²) in [5.74, 6) is 2.16. The Morgan fingerprint density at radius 3 is 1.41 bits per heavy atom. The van der Waals surface area contributed by atoms with E-state index >= 15 is 0 Å². The number of nitrogens with zero attached hydrogens (tertiary/aromatic N) is 2. The zero-order chi connectivity index (χ0) is 29.3. The summed E-state index contributed by atoms with van der Waals surface area (Å²) in [5, 5.41) is 0. The Labute approximate surface area is 254 Å². The van der Waals surface area contributed by atoms with Crippen LogP contribution in [0.1, 0.15) is 135 Å². The first kappa shape index (κ1) is 32.5. The van der Waals surface area contributed by atoms with E-state index in [2.05, 4.69) is 113 Å². The van der Waals surface area contributed by atoms with E-state index in [9.17, 15) is 0 Å². The maximum absolute atomic E-state index is 5.66. The van der Waals surface area contributed by atoms with E-state index in [0.717, 1.165) is 0 Å². The van der Waals surface area contributed by atoms with Crippen molar-refractivity contribution in [1.82, 2.24) is 0 Å². The molecule has 2 nitrogen and oxygen atoms in total. The molecule has 2 aliphatic rings. The molecule has 2 atom stereocenters. The van der Waals surface area contributed by atoms with Gasteiger partial charge in [-0.1, -0.05) is 113 Å². The number of benzene rings is 2. The molecule has 2 unspecified atom stereocenters. The predicted octanol–water partition coefficient (Wildman–Crippen LogP) is 11.9. The van der Waals surface area contributed by atoms with Crippen molar-refractivity contribution in [2.24, 2.45) is 26.7 Å². The number of hydrogen-bond acceptors (Lipinski definition) is 2. The molecule has 0 heterocycles. The summed E-state index contributed by atoms with van der Waals surface area (Å²) >= 11 is -0.106. The summed E-state index contributed by atoms with van der Waals surface area (Å²) in [4.78, 5) is 11.3. The van der Waals surface area contributed by atoms with Crippen LogP contribution < -0.4 is 0 Å². The first-order chi connectivity index (χ1) is 18.2. The molecule has 0 radical (unpaired) electrons. The quantitative estimate of drug-likeness (QED) is 0.275. The standard InChI is InChI=1S/C34H48N2.2ClH.Pd/c1-20(2)24-14-12-15-25(21(3)4)29(24)35-31-28-18-19-34(11,33(28,9)10)32(31)36-30-26(22(5)6)16-13-17-27(30)23(7)8;;;/h12-17,20-23,28H,18-19H2,1-11H3;2*1H;/q;;;+2/p-2. The predicted molar refractivity (Wildman–Crippen MR) is 170 cm³/mol. The van der Waals surface area contributed by atoms with Gasteiger partial charge in [0.05, 0.1) is 22.8 Å². The van der Waals surface area contributed by atoms with Crippen molar-refractivity contribution >= 4 is 41.9 Å². The van der Waals surface area contributed by atoms with Gasteiger partial charge < -0.3 is 0 Å². The molecule has 2 fully saturated rings. The molecule has 0 aliphatic heterocycles. The number of fused-ring (bicyclic) bond motifs is 2. The van der Waals surface area contributed by atoms with Crippen molar-refractivity contribution in [3.8, 4) is 0 Å². The fraction of sp³-hybridized carbons (Fsp3) is 0.588. The molecular weight excluding hydrogens is 614 g/mol. The van der Waals surface area contributed by atoms with Crippen LogP contribution in [0.5, 0.6) is 0 Å². The van der Waals surface area contributed by atoms with Crippen molar-refractivity contribution in [3.05, 3.63) is 58.7 Å². The van der Waals surface area contributed by atoms with Gasteiger partial charge >= 0.3 is 35.0 Å². The van der Waals surface area contributed by atoms with Gasteiger partial charge in [0.25, 0.3) is 0 Å². The molecule has 39 heavy (non-hydrogen) atoms. The van der Waals surface area contributed by atoms with E-state index in [0.29, 0.717) is 29.6 Å². The van der Waals surface area contributed by atoms with Gasteiger partial charge in [0.15, 0.2) is 0 Å². The van der Waals surface area contributed by atoms with Gasteiger partial charge in [-0.3, -0.25) is 9.98 Å². The molecule has 0 aromatic heterocycles. The molecule has 5 heteroatoms. The van der Waals surface area contributed by atoms with Crippen LogP contribution in [0.3, 0.4) is 0 Å². The Morgan fingerprint density at radius 1 is 0.692 bits per heavy atom. The summed E-state index contributed by atoms with van der Waals surface area (Å²) < 4.78 is 0. The van der Waals surface area contributed by atoms with Gasteiger partial charge in [-0.15, -0.1) is 0 Å². The fourth-order valence-corrected chi connectivity index (χ4v) is 6.68. The van der Waals surface area contributed by atoms with E-state index in [-0.39, 0.29) is 26.8 Å². The monoisotopic (exact) mass is 660 g/mol. The zero-order valence-electron chi connectivity index (χ0n) is 25.7. The van der Waals surface area contributed by atoms with Gasteiger partial charge in [-0.2, -0.15) is 0 Å². The number of aliphatic imine (C=N–C) groups is 2. The molecule has 218 valence electrons. The van der Waals surface area contributed by atoms with Crippen LogP contribution in [-0.2, 0) is 15.9 Å². The molecule has 2 aromatic rings. The normalized spacial score (nSPS) is 24.1.